The molecule has 0 bridgehead atoms. The summed E-state index contributed by atoms with van der Waals surface area (Å²) in [5.41, 5.74) is 0.195. The molecule has 236 valence electrons. The second-order valence-corrected chi connectivity index (χ2v) is 12.6. The molecule has 4 aromatic rings. The zero-order valence-corrected chi connectivity index (χ0v) is 25.6. The molecule has 3 aromatic carbocycles. The lowest BCUT2D eigenvalue weighted by atomic mass is 9.83. The Morgan fingerprint density at radius 3 is 2.33 bits per heavy atom. The Morgan fingerprint density at radius 1 is 0.935 bits per heavy atom. The van der Waals surface area contributed by atoms with Gasteiger partial charge in [-0.3, -0.25) is 23.7 Å². The fourth-order valence-corrected chi connectivity index (χ4v) is 8.38. The van der Waals surface area contributed by atoms with Gasteiger partial charge in [0, 0.05) is 16.5 Å². The van der Waals surface area contributed by atoms with Gasteiger partial charge in [0.05, 0.1) is 34.4 Å². The molecule has 2 aliphatic heterocycles. The predicted octanol–water partition coefficient (Wildman–Crippen LogP) is 5.54. The summed E-state index contributed by atoms with van der Waals surface area (Å²) < 4.78 is 45.7. The van der Waals surface area contributed by atoms with E-state index in [0.29, 0.717) is 15.5 Å². The van der Waals surface area contributed by atoms with Gasteiger partial charge in [0.2, 0.25) is 17.7 Å². The van der Waals surface area contributed by atoms with E-state index in [4.69, 9.17) is 4.74 Å². The maximum Gasteiger partial charge on any atom is 0.416 e. The van der Waals surface area contributed by atoms with E-state index in [0.717, 1.165) is 46.2 Å². The summed E-state index contributed by atoms with van der Waals surface area (Å²) in [5.74, 6) is -3.83. The second-order valence-electron chi connectivity index (χ2n) is 10.5. The van der Waals surface area contributed by atoms with Crippen LogP contribution in [0.25, 0.3) is 0 Å². The Labute approximate surface area is 268 Å². The van der Waals surface area contributed by atoms with E-state index in [1.165, 1.54) is 34.9 Å². The molecule has 2 aliphatic rings. The summed E-state index contributed by atoms with van der Waals surface area (Å²) >= 11 is 1.87. The Morgan fingerprint density at radius 2 is 1.65 bits per heavy atom. The van der Waals surface area contributed by atoms with Crippen LogP contribution in [-0.4, -0.2) is 40.1 Å². The van der Waals surface area contributed by atoms with Crippen LogP contribution in [0.2, 0.25) is 0 Å². The van der Waals surface area contributed by atoms with Gasteiger partial charge in [-0.25, -0.2) is 9.69 Å². The van der Waals surface area contributed by atoms with Gasteiger partial charge in [-0.05, 0) is 55.0 Å². The predicted molar refractivity (Wildman–Crippen MR) is 165 cm³/mol. The minimum absolute atomic E-state index is 0.0898. The van der Waals surface area contributed by atoms with Crippen LogP contribution in [0.3, 0.4) is 0 Å². The van der Waals surface area contributed by atoms with Gasteiger partial charge in [0.25, 0.3) is 0 Å². The third-order valence-electron chi connectivity index (χ3n) is 7.62. The highest BCUT2D eigenvalue weighted by Crippen LogP contribution is 2.53. The van der Waals surface area contributed by atoms with E-state index >= 15 is 0 Å². The molecule has 1 aromatic heterocycles. The monoisotopic (exact) mass is 667 g/mol. The van der Waals surface area contributed by atoms with Crippen molar-refractivity contribution in [3.63, 3.8) is 0 Å². The van der Waals surface area contributed by atoms with Crippen molar-refractivity contribution in [2.24, 2.45) is 5.92 Å². The fraction of sp³-hybridized carbons (Fsp3) is 0.219. The number of imide groups is 1. The largest absolute Gasteiger partial charge is 0.462 e. The van der Waals surface area contributed by atoms with Crippen LogP contribution < -0.4 is 15.1 Å². The number of hydrogen-bond donors (Lipinski definition) is 1. The Hall–Kier alpha value is -4.69. The lowest BCUT2D eigenvalue weighted by Crippen LogP contribution is -2.33. The highest BCUT2D eigenvalue weighted by molar-refractivity contribution is 8.00. The number of nitrogens with one attached hydrogen (secondary N) is 1. The smallest absolute Gasteiger partial charge is 0.416 e. The number of fused-ring (bicyclic) bond motifs is 2. The summed E-state index contributed by atoms with van der Waals surface area (Å²) in [7, 11) is 0. The molecule has 1 fully saturated rings. The molecule has 0 spiro atoms. The normalized spacial score (nSPS) is 19.0. The number of rotatable bonds is 7. The molecule has 14 heteroatoms. The molecular weight excluding hydrogens is 643 g/mol. The molecule has 6 rings (SSSR count). The zero-order valence-electron chi connectivity index (χ0n) is 23.9. The number of benzene rings is 3. The van der Waals surface area contributed by atoms with Crippen LogP contribution in [0.4, 0.5) is 24.5 Å². The first-order chi connectivity index (χ1) is 22.0. The van der Waals surface area contributed by atoms with Crippen molar-refractivity contribution >= 4 is 58.2 Å². The fourth-order valence-electron chi connectivity index (χ4n) is 5.61. The quantitative estimate of drug-likeness (QED) is 0.203. The van der Waals surface area contributed by atoms with E-state index in [-0.39, 0.29) is 23.5 Å². The Bertz CT molecular complexity index is 1910. The van der Waals surface area contributed by atoms with E-state index in [1.807, 2.05) is 0 Å². The number of carbonyl (C=O) groups is 4. The molecule has 0 saturated carbocycles. The van der Waals surface area contributed by atoms with Crippen molar-refractivity contribution in [2.75, 3.05) is 16.8 Å². The first kappa shape index (κ1) is 31.3. The van der Waals surface area contributed by atoms with Crippen LogP contribution in [-0.2, 0) is 31.8 Å². The van der Waals surface area contributed by atoms with Crippen molar-refractivity contribution in [3.05, 3.63) is 110 Å². The zero-order chi connectivity index (χ0) is 32.7. The topological polar surface area (TPSA) is 115 Å². The number of halogens is 3. The number of nitrogens with zero attached hydrogens (tertiary/aromatic N) is 2. The number of esters is 1. The summed E-state index contributed by atoms with van der Waals surface area (Å²) in [5, 5.41) is 1.81. The number of thiazole rings is 1. The molecule has 9 nitrogen and oxygen atoms in total. The van der Waals surface area contributed by atoms with Crippen LogP contribution in [0.15, 0.2) is 88.7 Å². The first-order valence-corrected chi connectivity index (χ1v) is 15.7. The number of alkyl halides is 3. The van der Waals surface area contributed by atoms with E-state index in [2.05, 4.69) is 5.32 Å². The van der Waals surface area contributed by atoms with Crippen molar-refractivity contribution in [1.29, 1.82) is 0 Å². The van der Waals surface area contributed by atoms with Crippen molar-refractivity contribution in [2.45, 2.75) is 35.8 Å². The van der Waals surface area contributed by atoms with E-state index in [1.54, 1.807) is 37.3 Å². The van der Waals surface area contributed by atoms with Crippen LogP contribution >= 0.6 is 23.1 Å². The summed E-state index contributed by atoms with van der Waals surface area (Å²) in [6.45, 7) is 1.35. The number of amides is 3. The molecule has 3 atom stereocenters. The van der Waals surface area contributed by atoms with Gasteiger partial charge >= 0.3 is 17.0 Å². The Kier molecular flexibility index (Phi) is 8.33. The molecule has 1 N–H and O–H groups in total. The van der Waals surface area contributed by atoms with E-state index in [9.17, 15) is 37.1 Å². The maximum absolute atomic E-state index is 14.0. The van der Waals surface area contributed by atoms with Gasteiger partial charge in [0.1, 0.15) is 11.8 Å². The van der Waals surface area contributed by atoms with Crippen LogP contribution in [0, 0.1) is 5.92 Å². The number of anilines is 2. The lowest BCUT2D eigenvalue weighted by Gasteiger charge is -2.30. The number of carbonyl (C=O) groups excluding carboxylic acids is 4. The minimum atomic E-state index is -4.61. The molecule has 46 heavy (non-hydrogen) atoms. The van der Waals surface area contributed by atoms with Crippen molar-refractivity contribution < 1.29 is 37.1 Å². The number of aromatic nitrogens is 1. The van der Waals surface area contributed by atoms with Gasteiger partial charge in [-0.2, -0.15) is 13.2 Å². The van der Waals surface area contributed by atoms with Crippen LogP contribution in [0.5, 0.6) is 0 Å². The number of ether oxygens (including phenoxy) is 1. The summed E-state index contributed by atoms with van der Waals surface area (Å²) in [6, 6.07) is 19.0. The molecule has 0 radical (unpaired) electrons. The average Bonchev–Trinajstić information content (AvgIpc) is 3.47. The van der Waals surface area contributed by atoms with Gasteiger partial charge in [-0.1, -0.05) is 59.5 Å². The summed E-state index contributed by atoms with van der Waals surface area (Å²) in [6.07, 6.45) is -4.61. The van der Waals surface area contributed by atoms with Gasteiger partial charge in [0.15, 0.2) is 0 Å². The summed E-state index contributed by atoms with van der Waals surface area (Å²) in [4.78, 5) is 67.4. The SMILES string of the molecule is CCOC(=O)c1ccc(N2C(=O)[C@@H]3[C@H](c4ccccc4)c4sc(=O)n(CC(=O)Nc5cccc(C(F)(F)F)c5)c4S[C@@H]3C2=O)cc1. The molecule has 3 heterocycles. The van der Waals surface area contributed by atoms with Gasteiger partial charge < -0.3 is 10.1 Å². The van der Waals surface area contributed by atoms with Crippen molar-refractivity contribution in [1.82, 2.24) is 4.57 Å². The lowest BCUT2D eigenvalue weighted by molar-refractivity contribution is -0.137. The van der Waals surface area contributed by atoms with Crippen molar-refractivity contribution in [3.8, 4) is 0 Å². The van der Waals surface area contributed by atoms with Crippen LogP contribution in [0.1, 0.15) is 39.2 Å². The third kappa shape index (κ3) is 5.73. The molecule has 0 unspecified atom stereocenters. The number of hydrogen-bond acceptors (Lipinski definition) is 8. The maximum atomic E-state index is 14.0. The molecule has 3 amide bonds. The minimum Gasteiger partial charge on any atom is -0.462 e. The molecular formula is C32H24F3N3O6S2. The first-order valence-electron chi connectivity index (χ1n) is 14.0. The average molecular weight is 668 g/mol. The highest BCUT2D eigenvalue weighted by Gasteiger charge is 2.56. The van der Waals surface area contributed by atoms with E-state index < -0.39 is 63.9 Å². The third-order valence-corrected chi connectivity index (χ3v) is 10.2. The highest BCUT2D eigenvalue weighted by atomic mass is 32.2. The molecule has 1 saturated heterocycles. The van der Waals surface area contributed by atoms with Gasteiger partial charge in [-0.15, -0.1) is 0 Å². The molecule has 0 aliphatic carbocycles. The number of thioether (sulfide) groups is 1. The Balaban J connectivity index is 1.34. The standard InChI is InChI=1S/C32H24F3N3O6S2/c1-2-44-30(42)18-11-13-21(14-12-18)38-27(40)24-23(17-7-4-3-5-8-17)26-29(45-25(24)28(38)41)37(31(43)46-26)16-22(39)36-20-10-6-9-19(15-20)32(33,34)35/h3-15,23-25H,2,16H2,1H3,(H,36,39)/t23-,24+,25-/m0/s1. The second kappa shape index (κ2) is 12.2.